The Labute approximate surface area is 69.4 Å². The van der Waals surface area contributed by atoms with Crippen molar-refractivity contribution in [2.45, 2.75) is 0 Å². The van der Waals surface area contributed by atoms with Crippen molar-refractivity contribution in [2.24, 2.45) is 0 Å². The zero-order valence-corrected chi connectivity index (χ0v) is 5.27. The molecule has 0 atom stereocenters. The third-order valence-corrected chi connectivity index (χ3v) is 0.183. The molecule has 0 aliphatic rings. The molecule has 0 aliphatic carbocycles. The van der Waals surface area contributed by atoms with Crippen LogP contribution in [0, 0.1) is 0 Å². The van der Waals surface area contributed by atoms with E-state index in [2.05, 4.69) is 0 Å². The SMILES string of the molecule is O=C(O)C(=O)O.[H-].[Li+].[Mn]. The molecule has 0 aromatic rings. The third kappa shape index (κ3) is 9.41. The van der Waals surface area contributed by atoms with Crippen LogP contribution in [0.15, 0.2) is 0 Å². The Morgan fingerprint density at radius 2 is 1.25 bits per heavy atom. The van der Waals surface area contributed by atoms with Gasteiger partial charge in [-0.05, 0) is 0 Å². The summed E-state index contributed by atoms with van der Waals surface area (Å²) in [5.74, 6) is -3.65. The summed E-state index contributed by atoms with van der Waals surface area (Å²) < 4.78 is 0. The van der Waals surface area contributed by atoms with Crippen LogP contribution in [0.5, 0.6) is 0 Å². The molecular weight excluding hydrogens is 150 g/mol. The van der Waals surface area contributed by atoms with Crippen LogP contribution < -0.4 is 18.9 Å². The first kappa shape index (κ1) is 15.7. The van der Waals surface area contributed by atoms with Crippen LogP contribution in [0.25, 0.3) is 0 Å². The van der Waals surface area contributed by atoms with Crippen LogP contribution >= 0.6 is 0 Å². The summed E-state index contributed by atoms with van der Waals surface area (Å²) in [7, 11) is 0. The van der Waals surface area contributed by atoms with Gasteiger partial charge in [0.15, 0.2) is 0 Å². The van der Waals surface area contributed by atoms with Crippen LogP contribution in [0.3, 0.4) is 0 Å². The van der Waals surface area contributed by atoms with Gasteiger partial charge in [-0.25, -0.2) is 9.59 Å². The average Bonchev–Trinajstić information content (AvgIpc) is 1.36. The predicted octanol–water partition coefficient (Wildman–Crippen LogP) is -3.73. The quantitative estimate of drug-likeness (QED) is 0.277. The van der Waals surface area contributed by atoms with E-state index in [1.807, 2.05) is 0 Å². The first-order valence-electron chi connectivity index (χ1n) is 1.11. The van der Waals surface area contributed by atoms with E-state index in [0.29, 0.717) is 0 Å². The maximum Gasteiger partial charge on any atom is 1.00 e. The fraction of sp³-hybridized carbons (Fsp3) is 0. The second-order valence-corrected chi connectivity index (χ2v) is 0.610. The van der Waals surface area contributed by atoms with E-state index >= 15 is 0 Å². The molecule has 0 unspecified atom stereocenters. The Morgan fingerprint density at radius 1 is 1.12 bits per heavy atom. The molecule has 0 fully saturated rings. The summed E-state index contributed by atoms with van der Waals surface area (Å²) in [6.45, 7) is 0. The fourth-order valence-corrected chi connectivity index (χ4v) is 0. The van der Waals surface area contributed by atoms with Crippen LogP contribution in [-0.4, -0.2) is 22.2 Å². The van der Waals surface area contributed by atoms with Crippen molar-refractivity contribution in [3.05, 3.63) is 0 Å². The van der Waals surface area contributed by atoms with Crippen molar-refractivity contribution in [1.82, 2.24) is 0 Å². The molecule has 4 nitrogen and oxygen atoms in total. The third-order valence-electron chi connectivity index (χ3n) is 0.183. The monoisotopic (exact) mass is 153 g/mol. The molecule has 0 spiro atoms. The van der Waals surface area contributed by atoms with Gasteiger partial charge >= 0.3 is 30.8 Å². The predicted molar refractivity (Wildman–Crippen MR) is 16.4 cm³/mol. The van der Waals surface area contributed by atoms with Gasteiger partial charge in [-0.1, -0.05) is 0 Å². The minimum atomic E-state index is -1.82. The molecule has 0 aromatic carbocycles. The number of rotatable bonds is 0. The normalized spacial score (nSPS) is 5.50. The zero-order chi connectivity index (χ0) is 5.15. The summed E-state index contributed by atoms with van der Waals surface area (Å²) in [6, 6.07) is 0. The second kappa shape index (κ2) is 7.06. The number of hydrogen-bond donors (Lipinski definition) is 2. The maximum atomic E-state index is 9.10. The smallest absolute Gasteiger partial charge is 1.00 e. The number of hydrogen-bond acceptors (Lipinski definition) is 2. The van der Waals surface area contributed by atoms with Crippen LogP contribution in [0.2, 0.25) is 0 Å². The van der Waals surface area contributed by atoms with E-state index < -0.39 is 11.9 Å². The van der Waals surface area contributed by atoms with E-state index in [1.165, 1.54) is 0 Å². The molecule has 0 bridgehead atoms. The first-order valence-corrected chi connectivity index (χ1v) is 1.11. The molecule has 6 heteroatoms. The van der Waals surface area contributed by atoms with Gasteiger partial charge in [0.1, 0.15) is 0 Å². The standard InChI is InChI=1S/C2H2O4.Li.Mn.H/c3-1(4)2(5)6;;;/h(H,3,4)(H,5,6);;;/q;+1;;-1. The summed E-state index contributed by atoms with van der Waals surface area (Å²) in [4.78, 5) is 18.2. The summed E-state index contributed by atoms with van der Waals surface area (Å²) in [5, 5.41) is 14.8. The van der Waals surface area contributed by atoms with Gasteiger partial charge in [-0.3, -0.25) is 0 Å². The second-order valence-electron chi connectivity index (χ2n) is 0.610. The Hall–Kier alpha value is 0.0569. The minimum Gasteiger partial charge on any atom is -1.00 e. The topological polar surface area (TPSA) is 74.6 Å². The van der Waals surface area contributed by atoms with E-state index in [9.17, 15) is 0 Å². The largest absolute Gasteiger partial charge is 1.00 e. The average molecular weight is 153 g/mol. The van der Waals surface area contributed by atoms with E-state index in [1.54, 1.807) is 0 Å². The van der Waals surface area contributed by atoms with Crippen molar-refractivity contribution >= 4 is 11.9 Å². The molecule has 0 aromatic heterocycles. The number of aliphatic carboxylic acids is 2. The number of carbonyl (C=O) groups is 2. The Balaban J connectivity index is -0.0000000417. The Kier molecular flexibility index (Phi) is 13.8. The summed E-state index contributed by atoms with van der Waals surface area (Å²) >= 11 is 0. The molecule has 8 heavy (non-hydrogen) atoms. The summed E-state index contributed by atoms with van der Waals surface area (Å²) in [5.41, 5.74) is 0. The van der Waals surface area contributed by atoms with Crippen molar-refractivity contribution in [2.75, 3.05) is 0 Å². The molecule has 1 radical (unpaired) electrons. The van der Waals surface area contributed by atoms with Crippen molar-refractivity contribution in [1.29, 1.82) is 0 Å². The van der Waals surface area contributed by atoms with E-state index in [0.717, 1.165) is 0 Å². The van der Waals surface area contributed by atoms with Gasteiger partial charge in [0, 0.05) is 17.1 Å². The minimum absolute atomic E-state index is 0. The van der Waals surface area contributed by atoms with Gasteiger partial charge in [-0.2, -0.15) is 0 Å². The van der Waals surface area contributed by atoms with Gasteiger partial charge in [0.05, 0.1) is 0 Å². The molecule has 0 heterocycles. The molecule has 0 rings (SSSR count). The maximum absolute atomic E-state index is 9.10. The molecule has 0 amide bonds. The Morgan fingerprint density at radius 3 is 1.25 bits per heavy atom. The zero-order valence-electron chi connectivity index (χ0n) is 5.09. The number of carboxylic acid groups (broad SMARTS) is 2. The number of carboxylic acids is 2. The van der Waals surface area contributed by atoms with E-state index in [4.69, 9.17) is 19.8 Å². The van der Waals surface area contributed by atoms with Crippen molar-refractivity contribution in [3.8, 4) is 0 Å². The van der Waals surface area contributed by atoms with E-state index in [-0.39, 0.29) is 37.4 Å². The van der Waals surface area contributed by atoms with Crippen LogP contribution in [0.4, 0.5) is 0 Å². The molecule has 43 valence electrons. The van der Waals surface area contributed by atoms with Gasteiger partial charge in [0.2, 0.25) is 0 Å². The van der Waals surface area contributed by atoms with Crippen molar-refractivity contribution < 1.29 is 57.2 Å². The molecular formula is C2H3LiMnO4. The molecule has 0 aliphatic heterocycles. The van der Waals surface area contributed by atoms with Gasteiger partial charge < -0.3 is 11.6 Å². The molecule has 0 saturated carbocycles. The fourth-order valence-electron chi connectivity index (χ4n) is 0. The van der Waals surface area contributed by atoms with Gasteiger partial charge in [-0.15, -0.1) is 0 Å². The first-order chi connectivity index (χ1) is 2.64. The van der Waals surface area contributed by atoms with Gasteiger partial charge in [0.25, 0.3) is 0 Å². The van der Waals surface area contributed by atoms with Crippen molar-refractivity contribution in [3.63, 3.8) is 0 Å². The Bertz CT molecular complexity index is 84.6. The molecule has 0 saturated heterocycles. The summed E-state index contributed by atoms with van der Waals surface area (Å²) in [6.07, 6.45) is 0. The molecule has 2 N–H and O–H groups in total. The van der Waals surface area contributed by atoms with Crippen LogP contribution in [-0.2, 0) is 26.7 Å². The van der Waals surface area contributed by atoms with Crippen LogP contribution in [0.1, 0.15) is 1.43 Å².